The number of aryl methyl sites for hydroxylation is 1. The van der Waals surface area contributed by atoms with Gasteiger partial charge in [0.05, 0.1) is 5.41 Å². The van der Waals surface area contributed by atoms with E-state index in [-0.39, 0.29) is 12.8 Å². The van der Waals surface area contributed by atoms with Crippen molar-refractivity contribution < 1.29 is 19.0 Å². The van der Waals surface area contributed by atoms with Gasteiger partial charge in [-0.25, -0.2) is 0 Å². The van der Waals surface area contributed by atoms with Gasteiger partial charge in [0.1, 0.15) is 11.5 Å². The Hall–Kier alpha value is -2.07. The average molecular weight is 316 g/mol. The molecule has 0 radical (unpaired) electrons. The normalized spacial score (nSPS) is 11.5. The zero-order valence-electron chi connectivity index (χ0n) is 14.4. The lowest BCUT2D eigenvalue weighted by Crippen LogP contribution is -2.25. The fourth-order valence-electron chi connectivity index (χ4n) is 2.28. The van der Waals surface area contributed by atoms with Crippen LogP contribution in [0.4, 0.5) is 0 Å². The highest BCUT2D eigenvalue weighted by Gasteiger charge is 2.25. The van der Waals surface area contributed by atoms with Crippen LogP contribution in [0.3, 0.4) is 0 Å². The van der Waals surface area contributed by atoms with Gasteiger partial charge in [-0.1, -0.05) is 25.1 Å². The highest BCUT2D eigenvalue weighted by molar-refractivity contribution is 5.94. The fraction of sp³-hybridized carbons (Fsp3) is 0.421. The molecule has 0 amide bonds. The summed E-state index contributed by atoms with van der Waals surface area (Å²) in [7, 11) is 1.57. The van der Waals surface area contributed by atoms with Gasteiger partial charge in [0.15, 0.2) is 6.79 Å². The summed E-state index contributed by atoms with van der Waals surface area (Å²) in [5, 5.41) is 1.94. The zero-order valence-corrected chi connectivity index (χ0v) is 14.4. The number of fused-ring (bicyclic) bond motifs is 1. The van der Waals surface area contributed by atoms with Crippen LogP contribution in [0.15, 0.2) is 30.3 Å². The molecule has 0 unspecified atom stereocenters. The molecule has 0 saturated carbocycles. The predicted molar refractivity (Wildman–Crippen MR) is 90.9 cm³/mol. The first-order valence-corrected chi connectivity index (χ1v) is 7.76. The summed E-state index contributed by atoms with van der Waals surface area (Å²) in [4.78, 5) is 12.3. The molecule has 0 aliphatic rings. The molecule has 0 N–H and O–H groups in total. The number of benzene rings is 2. The molecule has 0 saturated heterocycles. The van der Waals surface area contributed by atoms with Crippen molar-refractivity contribution in [3.63, 3.8) is 0 Å². The predicted octanol–water partition coefficient (Wildman–Crippen LogP) is 4.34. The molecule has 0 heterocycles. The summed E-state index contributed by atoms with van der Waals surface area (Å²) in [5.74, 6) is 0.879. The monoisotopic (exact) mass is 316 g/mol. The van der Waals surface area contributed by atoms with Crippen molar-refractivity contribution in [2.24, 2.45) is 5.41 Å². The molecular formula is C19H24O4. The molecule has 0 atom stereocenters. The first-order chi connectivity index (χ1) is 10.9. The van der Waals surface area contributed by atoms with Gasteiger partial charge in [-0.2, -0.15) is 0 Å². The van der Waals surface area contributed by atoms with E-state index >= 15 is 0 Å². The minimum absolute atomic E-state index is 0.144. The van der Waals surface area contributed by atoms with E-state index in [9.17, 15) is 4.79 Å². The minimum atomic E-state index is -0.573. The van der Waals surface area contributed by atoms with Gasteiger partial charge in [0.25, 0.3) is 0 Å². The third kappa shape index (κ3) is 4.02. The topological polar surface area (TPSA) is 44.8 Å². The van der Waals surface area contributed by atoms with Crippen molar-refractivity contribution in [1.82, 2.24) is 0 Å². The molecule has 23 heavy (non-hydrogen) atoms. The maximum Gasteiger partial charge on any atom is 0.316 e. The van der Waals surface area contributed by atoms with Gasteiger partial charge in [-0.05, 0) is 44.2 Å². The van der Waals surface area contributed by atoms with Crippen molar-refractivity contribution in [3.8, 4) is 11.5 Å². The maximum absolute atomic E-state index is 12.3. The van der Waals surface area contributed by atoms with Gasteiger partial charge in [-0.3, -0.25) is 4.79 Å². The molecule has 0 aromatic heterocycles. The highest BCUT2D eigenvalue weighted by atomic mass is 16.7. The van der Waals surface area contributed by atoms with Gasteiger partial charge in [-0.15, -0.1) is 0 Å². The Balaban J connectivity index is 2.55. The average Bonchev–Trinajstić information content (AvgIpc) is 2.51. The molecule has 4 heteroatoms. The Morgan fingerprint density at radius 1 is 1.17 bits per heavy atom. The minimum Gasteiger partial charge on any atom is -0.467 e. The van der Waals surface area contributed by atoms with Crippen LogP contribution in [0, 0.1) is 5.41 Å². The quantitative estimate of drug-likeness (QED) is 0.468. The number of methoxy groups -OCH3 is 1. The molecule has 0 aliphatic carbocycles. The number of hydrogen-bond donors (Lipinski definition) is 0. The van der Waals surface area contributed by atoms with Crippen molar-refractivity contribution in [3.05, 3.63) is 35.9 Å². The van der Waals surface area contributed by atoms with E-state index in [2.05, 4.69) is 6.92 Å². The smallest absolute Gasteiger partial charge is 0.316 e. The molecule has 2 rings (SSSR count). The second-order valence-corrected chi connectivity index (χ2v) is 6.48. The Morgan fingerprint density at radius 2 is 1.91 bits per heavy atom. The van der Waals surface area contributed by atoms with Gasteiger partial charge < -0.3 is 14.2 Å². The van der Waals surface area contributed by atoms with Crippen LogP contribution < -0.4 is 9.47 Å². The van der Waals surface area contributed by atoms with E-state index < -0.39 is 5.41 Å². The first-order valence-electron chi connectivity index (χ1n) is 7.76. The fourth-order valence-corrected chi connectivity index (χ4v) is 2.28. The van der Waals surface area contributed by atoms with Crippen LogP contribution >= 0.6 is 0 Å². The van der Waals surface area contributed by atoms with E-state index in [0.29, 0.717) is 11.5 Å². The lowest BCUT2D eigenvalue weighted by molar-refractivity contribution is -0.142. The molecule has 0 bridgehead atoms. The molecule has 2 aromatic carbocycles. The summed E-state index contributed by atoms with van der Waals surface area (Å²) in [5.41, 5.74) is 0.564. The van der Waals surface area contributed by atoms with E-state index in [4.69, 9.17) is 14.2 Å². The summed E-state index contributed by atoms with van der Waals surface area (Å²) in [6.07, 6.45) is 0.857. The van der Waals surface area contributed by atoms with Crippen LogP contribution in [0.5, 0.6) is 11.5 Å². The van der Waals surface area contributed by atoms with E-state index in [1.165, 1.54) is 0 Å². The van der Waals surface area contributed by atoms with Crippen LogP contribution in [0.1, 0.15) is 33.3 Å². The zero-order chi connectivity index (χ0) is 17.0. The molecule has 0 spiro atoms. The SMILES string of the molecule is CCc1cccc2cc(OCOC)cc(OC(=O)C(C)(C)C)c12. The van der Waals surface area contributed by atoms with Crippen molar-refractivity contribution in [2.45, 2.75) is 34.1 Å². The number of carbonyl (C=O) groups is 1. The van der Waals surface area contributed by atoms with Crippen molar-refractivity contribution in [1.29, 1.82) is 0 Å². The summed E-state index contributed by atoms with van der Waals surface area (Å²) < 4.78 is 16.2. The molecule has 0 aliphatic heterocycles. The van der Waals surface area contributed by atoms with Gasteiger partial charge in [0, 0.05) is 18.6 Å². The number of carbonyl (C=O) groups excluding carboxylic acids is 1. The van der Waals surface area contributed by atoms with Crippen LogP contribution in [0.2, 0.25) is 0 Å². The third-order valence-electron chi connectivity index (χ3n) is 3.54. The lowest BCUT2D eigenvalue weighted by Gasteiger charge is -2.19. The van der Waals surface area contributed by atoms with E-state index in [1.807, 2.05) is 45.0 Å². The van der Waals surface area contributed by atoms with Crippen molar-refractivity contribution >= 4 is 16.7 Å². The van der Waals surface area contributed by atoms with Crippen LogP contribution in [-0.4, -0.2) is 19.9 Å². The standard InChI is InChI=1S/C19H24O4/c1-6-13-8-7-9-14-10-15(22-12-21-5)11-16(17(13)14)23-18(20)19(2,3)4/h7-11H,6,12H2,1-5H3. The highest BCUT2D eigenvalue weighted by Crippen LogP contribution is 2.35. The number of esters is 1. The van der Waals surface area contributed by atoms with Crippen LogP contribution in [-0.2, 0) is 16.0 Å². The summed E-state index contributed by atoms with van der Waals surface area (Å²) in [6.45, 7) is 7.74. The second-order valence-electron chi connectivity index (χ2n) is 6.48. The number of hydrogen-bond acceptors (Lipinski definition) is 4. The summed E-state index contributed by atoms with van der Waals surface area (Å²) >= 11 is 0. The lowest BCUT2D eigenvalue weighted by atomic mass is 9.97. The molecule has 2 aromatic rings. The second kappa shape index (κ2) is 7.01. The molecular weight excluding hydrogens is 292 g/mol. The largest absolute Gasteiger partial charge is 0.467 e. The maximum atomic E-state index is 12.3. The Morgan fingerprint density at radius 3 is 2.52 bits per heavy atom. The third-order valence-corrected chi connectivity index (χ3v) is 3.54. The Kier molecular flexibility index (Phi) is 5.26. The number of rotatable bonds is 5. The molecule has 0 fully saturated rings. The molecule has 124 valence electrons. The Labute approximate surface area is 137 Å². The van der Waals surface area contributed by atoms with E-state index in [1.54, 1.807) is 13.2 Å². The summed E-state index contributed by atoms with van der Waals surface area (Å²) in [6, 6.07) is 9.72. The van der Waals surface area contributed by atoms with Crippen LogP contribution in [0.25, 0.3) is 10.8 Å². The van der Waals surface area contributed by atoms with E-state index in [0.717, 1.165) is 22.8 Å². The van der Waals surface area contributed by atoms with Gasteiger partial charge >= 0.3 is 5.97 Å². The first kappa shape index (κ1) is 17.3. The molecule has 4 nitrogen and oxygen atoms in total. The van der Waals surface area contributed by atoms with Gasteiger partial charge in [0.2, 0.25) is 0 Å². The number of ether oxygens (including phenoxy) is 3. The van der Waals surface area contributed by atoms with Crippen molar-refractivity contribution in [2.75, 3.05) is 13.9 Å². The Bertz CT molecular complexity index is 698.